The second-order valence-corrected chi connectivity index (χ2v) is 2.71. The Morgan fingerprint density at radius 1 is 1.27 bits per heavy atom. The first-order valence-electron chi connectivity index (χ1n) is 3.92. The zero-order valence-corrected chi connectivity index (χ0v) is 6.34. The molecule has 1 aromatic carbocycles. The van der Waals surface area contributed by atoms with Gasteiger partial charge in [0, 0.05) is 6.61 Å². The third kappa shape index (κ3) is 1.43. The summed E-state index contributed by atoms with van der Waals surface area (Å²) in [5, 5.41) is 0. The van der Waals surface area contributed by atoms with Gasteiger partial charge in [0.2, 0.25) is 0 Å². The van der Waals surface area contributed by atoms with E-state index in [1.54, 1.807) is 0 Å². The predicted molar refractivity (Wildman–Crippen MR) is 43.1 cm³/mol. The normalized spacial score (nSPS) is 17.1. The van der Waals surface area contributed by atoms with Crippen molar-refractivity contribution < 1.29 is 4.74 Å². The number of ether oxygens (including phenoxy) is 1. The fourth-order valence-corrected chi connectivity index (χ4v) is 1.30. The summed E-state index contributed by atoms with van der Waals surface area (Å²) in [5.41, 5.74) is 2.47. The summed E-state index contributed by atoms with van der Waals surface area (Å²) in [6.45, 7) is 3.73. The smallest absolute Gasteiger partial charge is 0.166 e. The Kier molecular flexibility index (Phi) is 1.91. The molecule has 56 valence electrons. The van der Waals surface area contributed by atoms with Crippen molar-refractivity contribution in [3.8, 4) is 0 Å². The van der Waals surface area contributed by atoms with E-state index in [-0.39, 0.29) is 0 Å². The minimum atomic E-state index is 0.800. The van der Waals surface area contributed by atoms with Gasteiger partial charge in [-0.05, 0) is 24.0 Å². The largest absolute Gasteiger partial charge is 0.363 e. The van der Waals surface area contributed by atoms with Gasteiger partial charge in [-0.25, -0.2) is 0 Å². The van der Waals surface area contributed by atoms with E-state index in [0.717, 1.165) is 25.0 Å². The molecule has 0 saturated carbocycles. The molecule has 0 fully saturated rings. The standard InChI is InChI=1S/C10H10O/c1-2-5-10-8-11-7-3-6-9(10)4-1/h1-2,4-5H,3,6-7H2. The molecule has 0 aliphatic carbocycles. The Morgan fingerprint density at radius 3 is 3.18 bits per heavy atom. The summed E-state index contributed by atoms with van der Waals surface area (Å²) in [6.07, 6.45) is 2.22. The molecular formula is C10H10O. The van der Waals surface area contributed by atoms with E-state index in [1.165, 1.54) is 5.56 Å². The Morgan fingerprint density at radius 2 is 2.18 bits per heavy atom. The lowest BCUT2D eigenvalue weighted by atomic mass is 10.1. The van der Waals surface area contributed by atoms with Crippen molar-refractivity contribution in [3.05, 3.63) is 42.0 Å². The van der Waals surface area contributed by atoms with Gasteiger partial charge >= 0.3 is 0 Å². The molecule has 11 heavy (non-hydrogen) atoms. The Bertz CT molecular complexity index is 217. The average molecular weight is 146 g/mol. The van der Waals surface area contributed by atoms with Gasteiger partial charge in [0.25, 0.3) is 0 Å². The maximum absolute atomic E-state index is 5.17. The van der Waals surface area contributed by atoms with Crippen LogP contribution >= 0.6 is 0 Å². The van der Waals surface area contributed by atoms with Gasteiger partial charge in [-0.2, -0.15) is 0 Å². The molecule has 0 bridgehead atoms. The maximum atomic E-state index is 5.17. The van der Waals surface area contributed by atoms with E-state index >= 15 is 0 Å². The van der Waals surface area contributed by atoms with Crippen LogP contribution in [-0.2, 0) is 11.2 Å². The molecule has 1 aliphatic rings. The molecule has 0 saturated heterocycles. The number of hydrogen-bond donors (Lipinski definition) is 0. The van der Waals surface area contributed by atoms with E-state index in [4.69, 9.17) is 4.74 Å². The highest BCUT2D eigenvalue weighted by molar-refractivity contribution is 5.31. The number of fused-ring (bicyclic) bond motifs is 1. The monoisotopic (exact) mass is 146 g/mol. The van der Waals surface area contributed by atoms with Gasteiger partial charge in [0.15, 0.2) is 6.61 Å². The van der Waals surface area contributed by atoms with Crippen molar-refractivity contribution in [2.45, 2.75) is 12.8 Å². The Balaban J connectivity index is 2.33. The van der Waals surface area contributed by atoms with E-state index in [1.807, 2.05) is 12.1 Å². The van der Waals surface area contributed by atoms with Gasteiger partial charge in [0.1, 0.15) is 0 Å². The minimum absolute atomic E-state index is 0.800. The van der Waals surface area contributed by atoms with Gasteiger partial charge in [-0.1, -0.05) is 24.3 Å². The first-order chi connectivity index (χ1) is 5.47. The van der Waals surface area contributed by atoms with E-state index in [0.29, 0.717) is 0 Å². The van der Waals surface area contributed by atoms with E-state index in [2.05, 4.69) is 18.7 Å². The Labute approximate surface area is 67.0 Å². The van der Waals surface area contributed by atoms with Crippen LogP contribution in [-0.4, -0.2) is 6.61 Å². The van der Waals surface area contributed by atoms with Crippen molar-refractivity contribution >= 4 is 0 Å². The molecule has 0 spiro atoms. The van der Waals surface area contributed by atoms with Crippen LogP contribution in [0.2, 0.25) is 0 Å². The summed E-state index contributed by atoms with van der Waals surface area (Å²) in [4.78, 5) is 0. The van der Waals surface area contributed by atoms with Crippen LogP contribution in [0.15, 0.2) is 24.3 Å². The molecule has 0 amide bonds. The van der Waals surface area contributed by atoms with Crippen LogP contribution in [0, 0.1) is 6.61 Å². The molecule has 1 heteroatoms. The zero-order valence-electron chi connectivity index (χ0n) is 6.34. The van der Waals surface area contributed by atoms with E-state index < -0.39 is 0 Å². The van der Waals surface area contributed by atoms with Crippen LogP contribution in [0.25, 0.3) is 0 Å². The zero-order chi connectivity index (χ0) is 7.52. The lowest BCUT2D eigenvalue weighted by Gasteiger charge is -2.00. The molecule has 0 aromatic heterocycles. The molecule has 0 unspecified atom stereocenters. The molecule has 1 nitrogen and oxygen atoms in total. The number of hydrogen-bond acceptors (Lipinski definition) is 1. The first kappa shape index (κ1) is 6.86. The SMILES string of the molecule is [C]1OCCCc2ccccc21. The summed E-state index contributed by atoms with van der Waals surface area (Å²) in [5.74, 6) is 0. The molecule has 1 aromatic rings. The fraction of sp³-hybridized carbons (Fsp3) is 0.300. The van der Waals surface area contributed by atoms with Crippen LogP contribution in [0.1, 0.15) is 17.5 Å². The van der Waals surface area contributed by atoms with Crippen LogP contribution in [0.4, 0.5) is 0 Å². The van der Waals surface area contributed by atoms with Gasteiger partial charge in [0.05, 0.1) is 0 Å². The highest BCUT2D eigenvalue weighted by Crippen LogP contribution is 2.16. The highest BCUT2D eigenvalue weighted by atomic mass is 16.5. The van der Waals surface area contributed by atoms with Crippen molar-refractivity contribution in [1.82, 2.24) is 0 Å². The maximum Gasteiger partial charge on any atom is 0.166 e. The van der Waals surface area contributed by atoms with Crippen molar-refractivity contribution in [1.29, 1.82) is 0 Å². The summed E-state index contributed by atoms with van der Waals surface area (Å²) < 4.78 is 5.17. The summed E-state index contributed by atoms with van der Waals surface area (Å²) in [6, 6.07) is 8.25. The quantitative estimate of drug-likeness (QED) is 0.544. The first-order valence-corrected chi connectivity index (χ1v) is 3.92. The molecular weight excluding hydrogens is 136 g/mol. The highest BCUT2D eigenvalue weighted by Gasteiger charge is 2.06. The second-order valence-electron chi connectivity index (χ2n) is 2.71. The van der Waals surface area contributed by atoms with Gasteiger partial charge in [-0.3, -0.25) is 0 Å². The van der Waals surface area contributed by atoms with Crippen LogP contribution < -0.4 is 0 Å². The Hall–Kier alpha value is -0.820. The van der Waals surface area contributed by atoms with E-state index in [9.17, 15) is 0 Å². The molecule has 1 aliphatic heterocycles. The summed E-state index contributed by atoms with van der Waals surface area (Å²) in [7, 11) is 0. The summed E-state index contributed by atoms with van der Waals surface area (Å²) >= 11 is 0. The van der Waals surface area contributed by atoms with Crippen molar-refractivity contribution in [2.75, 3.05) is 6.61 Å². The number of aryl methyl sites for hydroxylation is 1. The second kappa shape index (κ2) is 3.05. The molecule has 2 rings (SSSR count). The van der Waals surface area contributed by atoms with Gasteiger partial charge < -0.3 is 4.74 Å². The van der Waals surface area contributed by atoms with Crippen LogP contribution in [0.5, 0.6) is 0 Å². The average Bonchev–Trinajstić information content (AvgIpc) is 2.28. The van der Waals surface area contributed by atoms with Gasteiger partial charge in [-0.15, -0.1) is 0 Å². The fourth-order valence-electron chi connectivity index (χ4n) is 1.30. The third-order valence-electron chi connectivity index (χ3n) is 1.89. The molecule has 2 radical (unpaired) electrons. The lowest BCUT2D eigenvalue weighted by Crippen LogP contribution is -1.87. The molecule has 1 heterocycles. The minimum Gasteiger partial charge on any atom is -0.363 e. The third-order valence-corrected chi connectivity index (χ3v) is 1.89. The molecule has 0 N–H and O–H groups in total. The lowest BCUT2D eigenvalue weighted by molar-refractivity contribution is 0.215. The topological polar surface area (TPSA) is 9.23 Å². The van der Waals surface area contributed by atoms with Crippen LogP contribution in [0.3, 0.4) is 0 Å². The predicted octanol–water partition coefficient (Wildman–Crippen LogP) is 2.04. The molecule has 0 atom stereocenters. The number of rotatable bonds is 0. The van der Waals surface area contributed by atoms with Crippen molar-refractivity contribution in [2.24, 2.45) is 0 Å². The van der Waals surface area contributed by atoms with Crippen molar-refractivity contribution in [3.63, 3.8) is 0 Å². The number of benzene rings is 1.